The van der Waals surface area contributed by atoms with Gasteiger partial charge in [-0.05, 0) is 42.5 Å². The van der Waals surface area contributed by atoms with Gasteiger partial charge in [0.15, 0.2) is 0 Å². The van der Waals surface area contributed by atoms with E-state index < -0.39 is 0 Å². The molecule has 0 bridgehead atoms. The molecule has 0 amide bonds. The summed E-state index contributed by atoms with van der Waals surface area (Å²) in [6.07, 6.45) is 6.12. The molecule has 1 aliphatic heterocycles. The molecule has 1 aromatic carbocycles. The summed E-state index contributed by atoms with van der Waals surface area (Å²) >= 11 is 0. The number of anilines is 2. The molecule has 1 aromatic heterocycles. The first kappa shape index (κ1) is 12.0. The lowest BCUT2D eigenvalue weighted by molar-refractivity contribution is 0.825. The summed E-state index contributed by atoms with van der Waals surface area (Å²) in [4.78, 5) is 4.17. The van der Waals surface area contributed by atoms with Crippen LogP contribution >= 0.6 is 0 Å². The van der Waals surface area contributed by atoms with E-state index in [1.54, 1.807) is 0 Å². The lowest BCUT2D eigenvalue weighted by atomic mass is 9.99. The van der Waals surface area contributed by atoms with E-state index in [0.717, 1.165) is 18.8 Å². The number of benzene rings is 1. The lowest BCUT2D eigenvalue weighted by Crippen LogP contribution is -2.15. The van der Waals surface area contributed by atoms with Crippen LogP contribution in [0.25, 0.3) is 0 Å². The average Bonchev–Trinajstić information content (AvgIpc) is 2.46. The highest BCUT2D eigenvalue weighted by Crippen LogP contribution is 2.26. The maximum atomic E-state index is 4.17. The first-order chi connectivity index (χ1) is 9.34. The van der Waals surface area contributed by atoms with Crippen molar-refractivity contribution in [3.05, 3.63) is 53.3 Å². The van der Waals surface area contributed by atoms with Crippen LogP contribution in [-0.2, 0) is 13.0 Å². The van der Waals surface area contributed by atoms with E-state index >= 15 is 0 Å². The number of rotatable bonds is 3. The van der Waals surface area contributed by atoms with Crippen LogP contribution < -0.4 is 10.6 Å². The molecule has 0 fully saturated rings. The maximum Gasteiger partial charge on any atom is 0.0559 e. The third kappa shape index (κ3) is 2.55. The number of nitrogens with zero attached hydrogens (tertiary/aromatic N) is 1. The fourth-order valence-electron chi connectivity index (χ4n) is 2.57. The molecule has 2 heterocycles. The molecule has 2 N–H and O–H groups in total. The quantitative estimate of drug-likeness (QED) is 0.880. The molecule has 3 rings (SSSR count). The van der Waals surface area contributed by atoms with Gasteiger partial charge in [-0.3, -0.25) is 4.98 Å². The Balaban J connectivity index is 1.79. The Morgan fingerprint density at radius 2 is 2.26 bits per heavy atom. The largest absolute Gasteiger partial charge is 0.385 e. The minimum Gasteiger partial charge on any atom is -0.385 e. The van der Waals surface area contributed by atoms with Gasteiger partial charge in [-0.1, -0.05) is 18.2 Å². The Hall–Kier alpha value is -2.03. The summed E-state index contributed by atoms with van der Waals surface area (Å²) in [5, 5.41) is 7.00. The molecule has 0 aliphatic carbocycles. The maximum absolute atomic E-state index is 4.17. The molecular formula is C16H19N3. The zero-order valence-corrected chi connectivity index (χ0v) is 11.2. The van der Waals surface area contributed by atoms with Gasteiger partial charge in [0.1, 0.15) is 0 Å². The van der Waals surface area contributed by atoms with Gasteiger partial charge in [0.2, 0.25) is 0 Å². The van der Waals surface area contributed by atoms with Crippen molar-refractivity contribution < 1.29 is 0 Å². The molecule has 0 spiro atoms. The number of aromatic nitrogens is 1. The van der Waals surface area contributed by atoms with Gasteiger partial charge in [0, 0.05) is 25.0 Å². The number of para-hydroxylation sites is 1. The third-order valence-electron chi connectivity index (χ3n) is 3.67. The van der Waals surface area contributed by atoms with Crippen molar-refractivity contribution in [2.75, 3.05) is 17.2 Å². The third-order valence-corrected chi connectivity index (χ3v) is 3.67. The Kier molecular flexibility index (Phi) is 3.36. The Morgan fingerprint density at radius 3 is 3.16 bits per heavy atom. The molecule has 0 radical (unpaired) electrons. The van der Waals surface area contributed by atoms with Crippen LogP contribution in [0.1, 0.15) is 23.1 Å². The van der Waals surface area contributed by atoms with Crippen LogP contribution in [0, 0.1) is 6.92 Å². The number of hydrogen-bond donors (Lipinski definition) is 2. The van der Waals surface area contributed by atoms with Gasteiger partial charge >= 0.3 is 0 Å². The molecule has 0 saturated heterocycles. The SMILES string of the molecule is Cc1ccncc1NCc1cccc2c1NCCC2. The Morgan fingerprint density at radius 1 is 1.32 bits per heavy atom. The molecule has 98 valence electrons. The Labute approximate surface area is 114 Å². The van der Waals surface area contributed by atoms with E-state index in [1.807, 2.05) is 18.5 Å². The van der Waals surface area contributed by atoms with Crippen LogP contribution in [0.5, 0.6) is 0 Å². The molecular weight excluding hydrogens is 234 g/mol. The number of hydrogen-bond acceptors (Lipinski definition) is 3. The highest BCUT2D eigenvalue weighted by molar-refractivity contribution is 5.60. The topological polar surface area (TPSA) is 37.0 Å². The van der Waals surface area contributed by atoms with Crippen LogP contribution in [0.4, 0.5) is 11.4 Å². The lowest BCUT2D eigenvalue weighted by Gasteiger charge is -2.21. The molecule has 2 aromatic rings. The summed E-state index contributed by atoms with van der Waals surface area (Å²) in [7, 11) is 0. The average molecular weight is 253 g/mol. The second kappa shape index (κ2) is 5.31. The van der Waals surface area contributed by atoms with Crippen molar-refractivity contribution >= 4 is 11.4 Å². The van der Waals surface area contributed by atoms with Crippen molar-refractivity contribution in [1.29, 1.82) is 0 Å². The molecule has 0 saturated carbocycles. The molecule has 1 aliphatic rings. The molecule has 3 heteroatoms. The van der Waals surface area contributed by atoms with Crippen LogP contribution in [-0.4, -0.2) is 11.5 Å². The van der Waals surface area contributed by atoms with Gasteiger partial charge in [0.25, 0.3) is 0 Å². The van der Waals surface area contributed by atoms with Gasteiger partial charge < -0.3 is 10.6 Å². The first-order valence-electron chi connectivity index (χ1n) is 6.84. The molecule has 19 heavy (non-hydrogen) atoms. The monoisotopic (exact) mass is 253 g/mol. The van der Waals surface area contributed by atoms with Crippen molar-refractivity contribution in [2.24, 2.45) is 0 Å². The highest BCUT2D eigenvalue weighted by atomic mass is 14.9. The summed E-state index contributed by atoms with van der Waals surface area (Å²) in [6, 6.07) is 8.59. The zero-order valence-electron chi connectivity index (χ0n) is 11.2. The minimum atomic E-state index is 0.836. The fourth-order valence-corrected chi connectivity index (χ4v) is 2.57. The molecule has 3 nitrogen and oxygen atoms in total. The number of pyridine rings is 1. The smallest absolute Gasteiger partial charge is 0.0559 e. The van der Waals surface area contributed by atoms with Crippen molar-refractivity contribution in [2.45, 2.75) is 26.3 Å². The van der Waals surface area contributed by atoms with Gasteiger partial charge in [-0.2, -0.15) is 0 Å². The number of aryl methyl sites for hydroxylation is 2. The Bertz CT molecular complexity index is 578. The van der Waals surface area contributed by atoms with Crippen LogP contribution in [0.2, 0.25) is 0 Å². The normalized spacial score (nSPS) is 13.5. The number of nitrogens with one attached hydrogen (secondary N) is 2. The van der Waals surface area contributed by atoms with Crippen molar-refractivity contribution in [3.63, 3.8) is 0 Å². The van der Waals surface area contributed by atoms with E-state index in [2.05, 4.69) is 40.7 Å². The highest BCUT2D eigenvalue weighted by Gasteiger charge is 2.11. The second-order valence-electron chi connectivity index (χ2n) is 5.03. The fraction of sp³-hybridized carbons (Fsp3) is 0.312. The van der Waals surface area contributed by atoms with E-state index in [-0.39, 0.29) is 0 Å². The first-order valence-corrected chi connectivity index (χ1v) is 6.84. The summed E-state index contributed by atoms with van der Waals surface area (Å²) < 4.78 is 0. The van der Waals surface area contributed by atoms with E-state index in [4.69, 9.17) is 0 Å². The summed E-state index contributed by atoms with van der Waals surface area (Å²) in [5.74, 6) is 0. The number of fused-ring (bicyclic) bond motifs is 1. The summed E-state index contributed by atoms with van der Waals surface area (Å²) in [6.45, 7) is 4.02. The van der Waals surface area contributed by atoms with Gasteiger partial charge in [-0.25, -0.2) is 0 Å². The minimum absolute atomic E-state index is 0.836. The standard InChI is InChI=1S/C16H19N3/c1-12-7-9-17-11-15(12)19-10-14-5-2-4-13-6-3-8-18-16(13)14/h2,4-5,7,9,11,18-19H,3,6,8,10H2,1H3. The zero-order chi connectivity index (χ0) is 13.1. The predicted molar refractivity (Wildman–Crippen MR) is 79.6 cm³/mol. The van der Waals surface area contributed by atoms with Gasteiger partial charge in [-0.15, -0.1) is 0 Å². The van der Waals surface area contributed by atoms with Gasteiger partial charge in [0.05, 0.1) is 11.9 Å². The summed E-state index contributed by atoms with van der Waals surface area (Å²) in [5.41, 5.74) is 6.43. The van der Waals surface area contributed by atoms with E-state index in [9.17, 15) is 0 Å². The van der Waals surface area contributed by atoms with Crippen LogP contribution in [0.15, 0.2) is 36.7 Å². The second-order valence-corrected chi connectivity index (χ2v) is 5.03. The van der Waals surface area contributed by atoms with Crippen LogP contribution in [0.3, 0.4) is 0 Å². The van der Waals surface area contributed by atoms with Crippen molar-refractivity contribution in [3.8, 4) is 0 Å². The molecule has 0 unspecified atom stereocenters. The predicted octanol–water partition coefficient (Wildman–Crippen LogP) is 3.36. The van der Waals surface area contributed by atoms with Crippen molar-refractivity contribution in [1.82, 2.24) is 4.98 Å². The van der Waals surface area contributed by atoms with E-state index in [1.165, 1.54) is 35.2 Å². The molecule has 0 atom stereocenters. The van der Waals surface area contributed by atoms with E-state index in [0.29, 0.717) is 0 Å².